The normalized spacial score (nSPS) is 10.1. The molecule has 2 heterocycles. The van der Waals surface area contributed by atoms with Crippen LogP contribution >= 0.6 is 0 Å². The number of hydrogen-bond donors (Lipinski definition) is 1. The highest BCUT2D eigenvalue weighted by Crippen LogP contribution is 2.13. The fourth-order valence-corrected chi connectivity index (χ4v) is 1.68. The van der Waals surface area contributed by atoms with Gasteiger partial charge in [-0.05, 0) is 6.92 Å². The van der Waals surface area contributed by atoms with Gasteiger partial charge in [0.15, 0.2) is 0 Å². The molecule has 0 radical (unpaired) electrons. The van der Waals surface area contributed by atoms with Gasteiger partial charge in [-0.1, -0.05) is 0 Å². The van der Waals surface area contributed by atoms with Crippen LogP contribution in [0.1, 0.15) is 13.3 Å². The molecule has 0 aliphatic carbocycles. The molecule has 104 valence electrons. The van der Waals surface area contributed by atoms with E-state index in [0.717, 1.165) is 6.54 Å². The predicted molar refractivity (Wildman–Crippen MR) is 74.6 cm³/mol. The van der Waals surface area contributed by atoms with Crippen molar-refractivity contribution in [2.24, 2.45) is 0 Å². The lowest BCUT2D eigenvalue weighted by Crippen LogP contribution is -2.27. The summed E-state index contributed by atoms with van der Waals surface area (Å²) in [4.78, 5) is 19.0. The van der Waals surface area contributed by atoms with Gasteiger partial charge in [0.25, 0.3) is 0 Å². The Morgan fingerprint density at radius 2 is 2.25 bits per heavy atom. The number of imidazole rings is 1. The maximum atomic E-state index is 8.71. The molecule has 20 heavy (non-hydrogen) atoms. The Morgan fingerprint density at radius 3 is 2.85 bits per heavy atom. The minimum Gasteiger partial charge on any atom is -0.357 e. The van der Waals surface area contributed by atoms with E-state index >= 15 is 0 Å². The highest BCUT2D eigenvalue weighted by molar-refractivity contribution is 5.39. The molecule has 8 nitrogen and oxygen atoms in total. The summed E-state index contributed by atoms with van der Waals surface area (Å²) in [5, 5.41) is 11.6. The quantitative estimate of drug-likeness (QED) is 0.832. The second-order valence-electron chi connectivity index (χ2n) is 3.97. The summed E-state index contributed by atoms with van der Waals surface area (Å²) >= 11 is 0. The standard InChI is InChI=1S/C12H16N8/c1-3-19(7-4-5-13)11-16-10(14-2)17-12(18-11)20-8-6-15-9-20/h6,8-9H,3-4,7H2,1-2H3,(H,14,16,17,18). The first-order valence-electron chi connectivity index (χ1n) is 6.32. The number of nitriles is 1. The van der Waals surface area contributed by atoms with Crippen LogP contribution in [-0.2, 0) is 0 Å². The zero-order valence-electron chi connectivity index (χ0n) is 11.5. The summed E-state index contributed by atoms with van der Waals surface area (Å²) in [6.45, 7) is 3.30. The molecule has 0 amide bonds. The SMILES string of the molecule is CCN(CCC#N)c1nc(NC)nc(-n2ccnc2)n1. The Hall–Kier alpha value is -2.69. The fourth-order valence-electron chi connectivity index (χ4n) is 1.68. The van der Waals surface area contributed by atoms with Gasteiger partial charge in [-0.25, -0.2) is 4.98 Å². The fraction of sp³-hybridized carbons (Fsp3) is 0.417. The molecular weight excluding hydrogens is 256 g/mol. The van der Waals surface area contributed by atoms with Gasteiger partial charge in [-0.2, -0.15) is 20.2 Å². The van der Waals surface area contributed by atoms with E-state index < -0.39 is 0 Å². The minimum atomic E-state index is 0.425. The van der Waals surface area contributed by atoms with Crippen LogP contribution in [0.15, 0.2) is 18.7 Å². The topological polar surface area (TPSA) is 95.6 Å². The van der Waals surface area contributed by atoms with Crippen LogP contribution in [0.2, 0.25) is 0 Å². The Labute approximate surface area is 117 Å². The number of anilines is 2. The van der Waals surface area contributed by atoms with E-state index in [0.29, 0.717) is 30.8 Å². The third-order valence-corrected chi connectivity index (χ3v) is 2.73. The van der Waals surface area contributed by atoms with E-state index in [-0.39, 0.29) is 0 Å². The molecule has 8 heteroatoms. The van der Waals surface area contributed by atoms with Crippen molar-refractivity contribution < 1.29 is 0 Å². The van der Waals surface area contributed by atoms with Crippen LogP contribution in [-0.4, -0.2) is 44.6 Å². The van der Waals surface area contributed by atoms with Crippen molar-refractivity contribution in [1.82, 2.24) is 24.5 Å². The second kappa shape index (κ2) is 6.47. The van der Waals surface area contributed by atoms with Crippen LogP contribution in [0, 0.1) is 11.3 Å². The highest BCUT2D eigenvalue weighted by atomic mass is 15.3. The van der Waals surface area contributed by atoms with E-state index in [9.17, 15) is 0 Å². The number of aromatic nitrogens is 5. The average molecular weight is 272 g/mol. The van der Waals surface area contributed by atoms with Crippen molar-refractivity contribution in [3.8, 4) is 12.0 Å². The molecule has 0 spiro atoms. The predicted octanol–water partition coefficient (Wildman–Crippen LogP) is 0.839. The third-order valence-electron chi connectivity index (χ3n) is 2.73. The Kier molecular flexibility index (Phi) is 4.44. The summed E-state index contributed by atoms with van der Waals surface area (Å²) in [5.41, 5.74) is 0. The lowest BCUT2D eigenvalue weighted by atomic mass is 10.4. The van der Waals surface area contributed by atoms with Crippen molar-refractivity contribution in [1.29, 1.82) is 5.26 Å². The smallest absolute Gasteiger partial charge is 0.241 e. The summed E-state index contributed by atoms with van der Waals surface area (Å²) in [6.07, 6.45) is 5.48. The first kappa shape index (κ1) is 13.7. The van der Waals surface area contributed by atoms with Gasteiger partial charge < -0.3 is 10.2 Å². The van der Waals surface area contributed by atoms with Crippen molar-refractivity contribution in [3.63, 3.8) is 0 Å². The number of rotatable bonds is 6. The van der Waals surface area contributed by atoms with Crippen LogP contribution < -0.4 is 10.2 Å². The lowest BCUT2D eigenvalue weighted by Gasteiger charge is -2.20. The molecule has 2 rings (SSSR count). The van der Waals surface area contributed by atoms with Crippen molar-refractivity contribution >= 4 is 11.9 Å². The van der Waals surface area contributed by atoms with Gasteiger partial charge in [0.05, 0.1) is 12.5 Å². The summed E-state index contributed by atoms with van der Waals surface area (Å²) in [6, 6.07) is 2.13. The van der Waals surface area contributed by atoms with Gasteiger partial charge in [0.2, 0.25) is 17.8 Å². The average Bonchev–Trinajstić information content (AvgIpc) is 3.02. The van der Waals surface area contributed by atoms with E-state index in [4.69, 9.17) is 5.26 Å². The van der Waals surface area contributed by atoms with Gasteiger partial charge in [0.1, 0.15) is 6.33 Å². The van der Waals surface area contributed by atoms with E-state index in [1.807, 2.05) is 11.8 Å². The number of hydrogen-bond acceptors (Lipinski definition) is 7. The van der Waals surface area contributed by atoms with Gasteiger partial charge in [-0.15, -0.1) is 0 Å². The van der Waals surface area contributed by atoms with Crippen LogP contribution in [0.5, 0.6) is 0 Å². The maximum Gasteiger partial charge on any atom is 0.241 e. The molecule has 0 aliphatic heterocycles. The van der Waals surface area contributed by atoms with Crippen molar-refractivity contribution in [2.45, 2.75) is 13.3 Å². The molecule has 0 aliphatic rings. The number of nitrogens with one attached hydrogen (secondary N) is 1. The van der Waals surface area contributed by atoms with E-state index in [2.05, 4.69) is 31.3 Å². The van der Waals surface area contributed by atoms with Crippen LogP contribution in [0.4, 0.5) is 11.9 Å². The molecule has 0 unspecified atom stereocenters. The highest BCUT2D eigenvalue weighted by Gasteiger charge is 2.12. The molecule has 0 bridgehead atoms. The lowest BCUT2D eigenvalue weighted by molar-refractivity contribution is 0.772. The van der Waals surface area contributed by atoms with Crippen LogP contribution in [0.3, 0.4) is 0 Å². The van der Waals surface area contributed by atoms with Gasteiger partial charge in [0, 0.05) is 32.5 Å². The monoisotopic (exact) mass is 272 g/mol. The largest absolute Gasteiger partial charge is 0.357 e. The number of nitrogens with zero attached hydrogens (tertiary/aromatic N) is 7. The summed E-state index contributed by atoms with van der Waals surface area (Å²) in [5.74, 6) is 1.52. The molecule has 0 fully saturated rings. The molecular formula is C12H16N8. The molecule has 0 saturated carbocycles. The zero-order chi connectivity index (χ0) is 14.4. The van der Waals surface area contributed by atoms with Gasteiger partial charge >= 0.3 is 0 Å². The zero-order valence-corrected chi connectivity index (χ0v) is 11.5. The summed E-state index contributed by atoms with van der Waals surface area (Å²) in [7, 11) is 1.75. The first-order chi connectivity index (χ1) is 9.78. The molecule has 1 N–H and O–H groups in total. The molecule has 0 aromatic carbocycles. The Balaban J connectivity index is 2.37. The molecule has 0 saturated heterocycles. The summed E-state index contributed by atoms with van der Waals surface area (Å²) < 4.78 is 1.71. The van der Waals surface area contributed by atoms with Crippen molar-refractivity contribution in [3.05, 3.63) is 18.7 Å². The molecule has 0 atom stereocenters. The van der Waals surface area contributed by atoms with Gasteiger partial charge in [-0.3, -0.25) is 4.57 Å². The molecule has 2 aromatic heterocycles. The van der Waals surface area contributed by atoms with Crippen LogP contribution in [0.25, 0.3) is 5.95 Å². The van der Waals surface area contributed by atoms with E-state index in [1.54, 1.807) is 30.3 Å². The molecule has 2 aromatic rings. The van der Waals surface area contributed by atoms with Crippen molar-refractivity contribution in [2.75, 3.05) is 30.4 Å². The van der Waals surface area contributed by atoms with E-state index in [1.165, 1.54) is 0 Å². The maximum absolute atomic E-state index is 8.71. The Bertz CT molecular complexity index is 586. The first-order valence-corrected chi connectivity index (χ1v) is 6.32. The second-order valence-corrected chi connectivity index (χ2v) is 3.97. The third kappa shape index (κ3) is 3.00. The minimum absolute atomic E-state index is 0.425. The Morgan fingerprint density at radius 1 is 1.40 bits per heavy atom.